The molecule has 2 N–H and O–H groups in total. The predicted molar refractivity (Wildman–Crippen MR) is 124 cm³/mol. The molecule has 0 radical (unpaired) electrons. The Kier molecular flexibility index (Phi) is 6.97. The second-order valence-corrected chi connectivity index (χ2v) is 7.22. The van der Waals surface area contributed by atoms with Crippen LogP contribution < -0.4 is 15.4 Å². The van der Waals surface area contributed by atoms with Gasteiger partial charge in [0.05, 0.1) is 12.8 Å². The minimum atomic E-state index is -0.0332. The maximum Gasteiger partial charge on any atom is 0.229 e. The van der Waals surface area contributed by atoms with Crippen LogP contribution in [0.2, 0.25) is 0 Å². The molecule has 2 aromatic heterocycles. The average Bonchev–Trinajstić information content (AvgIpc) is 2.77. The van der Waals surface area contributed by atoms with Gasteiger partial charge in [-0.3, -0.25) is 4.79 Å². The molecule has 0 aliphatic heterocycles. The Labute approximate surface area is 182 Å². The van der Waals surface area contributed by atoms with E-state index in [-0.39, 0.29) is 12.2 Å². The van der Waals surface area contributed by atoms with Gasteiger partial charge in [0, 0.05) is 36.1 Å². The normalized spacial score (nSPS) is 10.5. The molecule has 0 unspecified atom stereocenters. The van der Waals surface area contributed by atoms with Gasteiger partial charge in [-0.1, -0.05) is 31.2 Å². The first kappa shape index (κ1) is 22.0. The van der Waals surface area contributed by atoms with E-state index in [2.05, 4.69) is 39.1 Å². The Balaban J connectivity index is 1.91. The Morgan fingerprint density at radius 3 is 2.61 bits per heavy atom. The first-order chi connectivity index (χ1) is 14.9. The third-order valence-electron chi connectivity index (χ3n) is 4.88. The number of ketones is 1. The van der Waals surface area contributed by atoms with Crippen LogP contribution in [0.1, 0.15) is 29.2 Å². The van der Waals surface area contributed by atoms with E-state index in [4.69, 9.17) is 4.74 Å². The van der Waals surface area contributed by atoms with Crippen molar-refractivity contribution in [1.29, 1.82) is 0 Å². The first-order valence-corrected chi connectivity index (χ1v) is 10.1. The standard InChI is InChI=1S/C24H27N5O2/c1-6-17-14-25-22(31-5)12-21(17)28-24-26-13-16(4)23(29-24)27-20-9-8-15(3)10-18(20)11-19(30)7-2/h7-10,12-14H,2,6,11H2,1,3-5H3,(H2,25,26,27,28,29). The van der Waals surface area contributed by atoms with E-state index in [1.54, 1.807) is 19.5 Å². The lowest BCUT2D eigenvalue weighted by Crippen LogP contribution is -2.07. The Hall–Kier alpha value is -3.74. The Morgan fingerprint density at radius 2 is 1.90 bits per heavy atom. The highest BCUT2D eigenvalue weighted by Gasteiger charge is 2.12. The number of ether oxygens (including phenoxy) is 1. The van der Waals surface area contributed by atoms with E-state index in [1.165, 1.54) is 6.08 Å². The molecule has 31 heavy (non-hydrogen) atoms. The van der Waals surface area contributed by atoms with E-state index in [9.17, 15) is 4.79 Å². The van der Waals surface area contributed by atoms with Gasteiger partial charge in [-0.05, 0) is 43.5 Å². The third-order valence-corrected chi connectivity index (χ3v) is 4.88. The number of nitrogens with one attached hydrogen (secondary N) is 2. The number of carbonyl (C=O) groups is 1. The number of nitrogens with zero attached hydrogens (tertiary/aromatic N) is 3. The number of carbonyl (C=O) groups excluding carboxylic acids is 1. The number of hydrogen-bond acceptors (Lipinski definition) is 7. The van der Waals surface area contributed by atoms with Gasteiger partial charge < -0.3 is 15.4 Å². The molecule has 0 amide bonds. The quantitative estimate of drug-likeness (QED) is 0.481. The van der Waals surface area contributed by atoms with Crippen LogP contribution in [0.3, 0.4) is 0 Å². The average molecular weight is 418 g/mol. The van der Waals surface area contributed by atoms with Gasteiger partial charge in [0.1, 0.15) is 5.82 Å². The number of pyridine rings is 1. The van der Waals surface area contributed by atoms with E-state index < -0.39 is 0 Å². The second-order valence-electron chi connectivity index (χ2n) is 7.22. The smallest absolute Gasteiger partial charge is 0.229 e. The molecule has 7 heteroatoms. The lowest BCUT2D eigenvalue weighted by Gasteiger charge is -2.15. The van der Waals surface area contributed by atoms with E-state index in [0.29, 0.717) is 17.6 Å². The van der Waals surface area contributed by atoms with Crippen LogP contribution in [0.15, 0.2) is 49.3 Å². The highest BCUT2D eigenvalue weighted by Crippen LogP contribution is 2.27. The fourth-order valence-electron chi connectivity index (χ4n) is 3.10. The molecule has 0 bridgehead atoms. The number of hydrogen-bond donors (Lipinski definition) is 2. The molecule has 0 spiro atoms. The zero-order valence-electron chi connectivity index (χ0n) is 18.3. The van der Waals surface area contributed by atoms with Crippen LogP contribution in [0.5, 0.6) is 5.88 Å². The summed E-state index contributed by atoms with van der Waals surface area (Å²) in [5.41, 5.74) is 5.56. The van der Waals surface area contributed by atoms with Crippen LogP contribution in [0.25, 0.3) is 0 Å². The zero-order chi connectivity index (χ0) is 22.4. The summed E-state index contributed by atoms with van der Waals surface area (Å²) in [4.78, 5) is 25.3. The molecule has 0 atom stereocenters. The summed E-state index contributed by atoms with van der Waals surface area (Å²) in [6.07, 6.45) is 5.96. The number of anilines is 4. The highest BCUT2D eigenvalue weighted by molar-refractivity contribution is 5.92. The summed E-state index contributed by atoms with van der Waals surface area (Å²) in [6.45, 7) is 9.56. The summed E-state index contributed by atoms with van der Waals surface area (Å²) in [6, 6.07) is 7.78. The molecule has 0 saturated carbocycles. The molecule has 3 rings (SSSR count). The van der Waals surface area contributed by atoms with Gasteiger partial charge in [0.15, 0.2) is 5.78 Å². The summed E-state index contributed by atoms with van der Waals surface area (Å²) in [5, 5.41) is 6.63. The van der Waals surface area contributed by atoms with Crippen LogP contribution in [-0.2, 0) is 17.6 Å². The van der Waals surface area contributed by atoms with Crippen molar-refractivity contribution < 1.29 is 9.53 Å². The third kappa shape index (κ3) is 5.45. The number of benzene rings is 1. The molecular formula is C24H27N5O2. The maximum atomic E-state index is 11.9. The van der Waals surface area contributed by atoms with Crippen LogP contribution in [0.4, 0.5) is 23.1 Å². The minimum Gasteiger partial charge on any atom is -0.481 e. The predicted octanol–water partition coefficient (Wildman–Crippen LogP) is 4.84. The summed E-state index contributed by atoms with van der Waals surface area (Å²) in [5.74, 6) is 1.59. The Morgan fingerprint density at radius 1 is 1.10 bits per heavy atom. The van der Waals surface area contributed by atoms with Crippen molar-refractivity contribution >= 4 is 28.9 Å². The lowest BCUT2D eigenvalue weighted by atomic mass is 10.0. The van der Waals surface area contributed by atoms with E-state index >= 15 is 0 Å². The second kappa shape index (κ2) is 9.84. The molecule has 2 heterocycles. The maximum absolute atomic E-state index is 11.9. The van der Waals surface area contributed by atoms with Crippen molar-refractivity contribution in [3.05, 3.63) is 71.6 Å². The molecule has 0 aliphatic rings. The highest BCUT2D eigenvalue weighted by atomic mass is 16.5. The largest absolute Gasteiger partial charge is 0.481 e. The van der Waals surface area contributed by atoms with Crippen LogP contribution in [0, 0.1) is 13.8 Å². The van der Waals surface area contributed by atoms with Gasteiger partial charge in [0.2, 0.25) is 11.8 Å². The molecule has 0 aliphatic carbocycles. The molecule has 0 saturated heterocycles. The van der Waals surface area contributed by atoms with Crippen molar-refractivity contribution in [1.82, 2.24) is 15.0 Å². The van der Waals surface area contributed by atoms with Crippen molar-refractivity contribution in [3.63, 3.8) is 0 Å². The number of aryl methyl sites for hydroxylation is 3. The Bertz CT molecular complexity index is 1110. The molecule has 0 fully saturated rings. The number of allylic oxidation sites excluding steroid dienone is 1. The topological polar surface area (TPSA) is 89.0 Å². The fraction of sp³-hybridized carbons (Fsp3) is 0.250. The molecule has 160 valence electrons. The van der Waals surface area contributed by atoms with Crippen molar-refractivity contribution in [3.8, 4) is 5.88 Å². The van der Waals surface area contributed by atoms with Crippen LogP contribution >= 0.6 is 0 Å². The monoisotopic (exact) mass is 417 g/mol. The van der Waals surface area contributed by atoms with Gasteiger partial charge in [-0.2, -0.15) is 4.98 Å². The molecule has 3 aromatic rings. The molecule has 1 aromatic carbocycles. The van der Waals surface area contributed by atoms with Crippen molar-refractivity contribution in [2.45, 2.75) is 33.6 Å². The van der Waals surface area contributed by atoms with E-state index in [1.807, 2.05) is 38.1 Å². The summed E-state index contributed by atoms with van der Waals surface area (Å²) in [7, 11) is 1.58. The van der Waals surface area contributed by atoms with Crippen LogP contribution in [-0.4, -0.2) is 27.8 Å². The minimum absolute atomic E-state index is 0.0332. The van der Waals surface area contributed by atoms with Gasteiger partial charge in [0.25, 0.3) is 0 Å². The SMILES string of the molecule is C=CC(=O)Cc1cc(C)ccc1Nc1nc(Nc2cc(OC)ncc2CC)ncc1C. The number of methoxy groups -OCH3 is 1. The number of aromatic nitrogens is 3. The van der Waals surface area contributed by atoms with Crippen molar-refractivity contribution in [2.24, 2.45) is 0 Å². The summed E-state index contributed by atoms with van der Waals surface area (Å²) < 4.78 is 5.24. The van der Waals surface area contributed by atoms with Crippen molar-refractivity contribution in [2.75, 3.05) is 17.7 Å². The summed E-state index contributed by atoms with van der Waals surface area (Å²) >= 11 is 0. The van der Waals surface area contributed by atoms with Gasteiger partial charge in [-0.25, -0.2) is 9.97 Å². The van der Waals surface area contributed by atoms with Gasteiger partial charge >= 0.3 is 0 Å². The zero-order valence-corrected chi connectivity index (χ0v) is 18.3. The van der Waals surface area contributed by atoms with Gasteiger partial charge in [-0.15, -0.1) is 0 Å². The molecular weight excluding hydrogens is 390 g/mol. The lowest BCUT2D eigenvalue weighted by molar-refractivity contribution is -0.114. The number of rotatable bonds is 9. The first-order valence-electron chi connectivity index (χ1n) is 10.1. The fourth-order valence-corrected chi connectivity index (χ4v) is 3.10. The molecule has 7 nitrogen and oxygen atoms in total. The van der Waals surface area contributed by atoms with E-state index in [0.717, 1.165) is 40.0 Å².